The van der Waals surface area contributed by atoms with E-state index in [4.69, 9.17) is 5.73 Å². The fourth-order valence-corrected chi connectivity index (χ4v) is 4.39. The molecule has 168 valence electrons. The Morgan fingerprint density at radius 3 is 2.41 bits per heavy atom. The molecule has 0 spiro atoms. The molecule has 1 aromatic heterocycles. The average Bonchev–Trinajstić information content (AvgIpc) is 2.72. The van der Waals surface area contributed by atoms with Crippen LogP contribution in [0, 0.1) is 19.8 Å². The smallest absolute Gasteiger partial charge is 0.258 e. The number of carbonyl (C=O) groups is 3. The third-order valence-electron chi connectivity index (χ3n) is 5.94. The number of anilines is 3. The van der Waals surface area contributed by atoms with Gasteiger partial charge in [-0.15, -0.1) is 0 Å². The first-order valence-corrected chi connectivity index (χ1v) is 10.6. The summed E-state index contributed by atoms with van der Waals surface area (Å²) in [7, 11) is 0. The van der Waals surface area contributed by atoms with Crippen LogP contribution < -0.4 is 26.8 Å². The topological polar surface area (TPSA) is 150 Å². The number of aryl methyl sites for hydroxylation is 2. The van der Waals surface area contributed by atoms with Gasteiger partial charge in [-0.2, -0.15) is 4.98 Å². The number of carbonyl (C=O) groups excluding carboxylic acids is 3. The highest BCUT2D eigenvalue weighted by Gasteiger charge is 2.35. The highest BCUT2D eigenvalue weighted by molar-refractivity contribution is 6.04. The van der Waals surface area contributed by atoms with Gasteiger partial charge < -0.3 is 21.3 Å². The number of nitrogens with one attached hydrogen (secondary N) is 3. The summed E-state index contributed by atoms with van der Waals surface area (Å²) in [6.45, 7) is 4.85. The van der Waals surface area contributed by atoms with E-state index >= 15 is 0 Å². The number of amides is 3. The summed E-state index contributed by atoms with van der Waals surface area (Å²) < 4.78 is 0. The second-order valence-corrected chi connectivity index (χ2v) is 8.49. The van der Waals surface area contributed by atoms with E-state index in [0.29, 0.717) is 37.6 Å². The zero-order valence-electron chi connectivity index (χ0n) is 18.0. The SMILES string of the molecule is Cc1cc(C)cc(NC(=O)[C@H]2CC(=O)Nc3nc(N4CCC(C(N)=O)CC4)[nH]c(=O)c32)c1. The second-order valence-electron chi connectivity index (χ2n) is 8.49. The third kappa shape index (κ3) is 4.34. The van der Waals surface area contributed by atoms with Crippen LogP contribution in [0.5, 0.6) is 0 Å². The Morgan fingerprint density at radius 2 is 1.78 bits per heavy atom. The summed E-state index contributed by atoms with van der Waals surface area (Å²) in [5, 5.41) is 5.45. The maximum Gasteiger partial charge on any atom is 0.258 e. The summed E-state index contributed by atoms with van der Waals surface area (Å²) >= 11 is 0. The van der Waals surface area contributed by atoms with Crippen molar-refractivity contribution in [2.24, 2.45) is 11.7 Å². The van der Waals surface area contributed by atoms with Crippen LogP contribution >= 0.6 is 0 Å². The van der Waals surface area contributed by atoms with Gasteiger partial charge in [0.2, 0.25) is 23.7 Å². The van der Waals surface area contributed by atoms with Gasteiger partial charge in [-0.25, -0.2) is 0 Å². The van der Waals surface area contributed by atoms with Crippen molar-refractivity contribution in [2.75, 3.05) is 28.6 Å². The molecule has 5 N–H and O–H groups in total. The fraction of sp³-hybridized carbons (Fsp3) is 0.409. The van der Waals surface area contributed by atoms with Gasteiger partial charge in [0.05, 0.1) is 11.5 Å². The lowest BCUT2D eigenvalue weighted by molar-refractivity contribution is -0.123. The van der Waals surface area contributed by atoms with Crippen LogP contribution in [0.15, 0.2) is 23.0 Å². The van der Waals surface area contributed by atoms with Gasteiger partial charge >= 0.3 is 0 Å². The van der Waals surface area contributed by atoms with Crippen molar-refractivity contribution in [3.05, 3.63) is 45.2 Å². The quantitative estimate of drug-likeness (QED) is 0.562. The number of nitrogens with two attached hydrogens (primary N) is 1. The van der Waals surface area contributed by atoms with Crippen LogP contribution in [0.4, 0.5) is 17.5 Å². The predicted octanol–water partition coefficient (Wildman–Crippen LogP) is 1.15. The Morgan fingerprint density at radius 1 is 1.12 bits per heavy atom. The van der Waals surface area contributed by atoms with Crippen molar-refractivity contribution in [1.29, 1.82) is 0 Å². The number of aromatic nitrogens is 2. The minimum atomic E-state index is -0.953. The van der Waals surface area contributed by atoms with E-state index in [0.717, 1.165) is 11.1 Å². The van der Waals surface area contributed by atoms with Gasteiger partial charge in [-0.3, -0.25) is 24.2 Å². The van der Waals surface area contributed by atoms with E-state index in [1.807, 2.05) is 36.9 Å². The zero-order chi connectivity index (χ0) is 23.0. The van der Waals surface area contributed by atoms with Crippen LogP contribution in [0.1, 0.15) is 41.9 Å². The molecule has 0 aliphatic carbocycles. The first kappa shape index (κ1) is 21.5. The summed E-state index contributed by atoms with van der Waals surface area (Å²) in [5.74, 6) is -1.91. The molecule has 0 saturated carbocycles. The Kier molecular flexibility index (Phi) is 5.68. The van der Waals surface area contributed by atoms with E-state index in [9.17, 15) is 19.2 Å². The highest BCUT2D eigenvalue weighted by atomic mass is 16.2. The van der Waals surface area contributed by atoms with Crippen LogP contribution in [-0.4, -0.2) is 40.8 Å². The molecule has 1 fully saturated rings. The van der Waals surface area contributed by atoms with Gasteiger partial charge in [0.25, 0.3) is 5.56 Å². The normalized spacial score (nSPS) is 18.6. The second kappa shape index (κ2) is 8.45. The van der Waals surface area contributed by atoms with Crippen molar-refractivity contribution in [1.82, 2.24) is 9.97 Å². The molecule has 32 heavy (non-hydrogen) atoms. The molecule has 10 heteroatoms. The molecule has 2 aliphatic heterocycles. The lowest BCUT2D eigenvalue weighted by Crippen LogP contribution is -2.41. The summed E-state index contributed by atoms with van der Waals surface area (Å²) in [4.78, 5) is 58.7. The van der Waals surface area contributed by atoms with E-state index in [1.54, 1.807) is 0 Å². The summed E-state index contributed by atoms with van der Waals surface area (Å²) in [6.07, 6.45) is 0.977. The molecule has 3 amide bonds. The van der Waals surface area contributed by atoms with Crippen molar-refractivity contribution < 1.29 is 14.4 Å². The Bertz CT molecular complexity index is 1130. The Hall–Kier alpha value is -3.69. The van der Waals surface area contributed by atoms with E-state index < -0.39 is 17.4 Å². The zero-order valence-corrected chi connectivity index (χ0v) is 18.0. The number of hydrogen-bond donors (Lipinski definition) is 4. The number of H-pyrrole nitrogens is 1. The monoisotopic (exact) mass is 438 g/mol. The van der Waals surface area contributed by atoms with Crippen LogP contribution in [0.3, 0.4) is 0 Å². The minimum Gasteiger partial charge on any atom is -0.369 e. The largest absolute Gasteiger partial charge is 0.369 e. The van der Waals surface area contributed by atoms with Crippen molar-refractivity contribution in [3.8, 4) is 0 Å². The maximum atomic E-state index is 13.0. The molecular weight excluding hydrogens is 412 g/mol. The van der Waals surface area contributed by atoms with Crippen LogP contribution in [-0.2, 0) is 14.4 Å². The van der Waals surface area contributed by atoms with Crippen LogP contribution in [0.2, 0.25) is 0 Å². The first-order valence-electron chi connectivity index (χ1n) is 10.6. The molecule has 0 bridgehead atoms. The highest BCUT2D eigenvalue weighted by Crippen LogP contribution is 2.31. The number of hydrogen-bond acceptors (Lipinski definition) is 6. The molecule has 0 radical (unpaired) electrons. The number of aromatic amines is 1. The Balaban J connectivity index is 1.60. The Labute approximate surface area is 184 Å². The van der Waals surface area contributed by atoms with E-state index in [2.05, 4.69) is 20.6 Å². The fourth-order valence-electron chi connectivity index (χ4n) is 4.39. The van der Waals surface area contributed by atoms with Gasteiger partial charge in [-0.1, -0.05) is 6.07 Å². The van der Waals surface area contributed by atoms with E-state index in [1.165, 1.54) is 0 Å². The molecule has 3 heterocycles. The van der Waals surface area contributed by atoms with Gasteiger partial charge in [0.15, 0.2) is 0 Å². The molecular formula is C22H26N6O4. The molecule has 2 aliphatic rings. The molecule has 10 nitrogen and oxygen atoms in total. The molecule has 4 rings (SSSR count). The predicted molar refractivity (Wildman–Crippen MR) is 120 cm³/mol. The number of primary amides is 1. The summed E-state index contributed by atoms with van der Waals surface area (Å²) in [5.41, 5.74) is 7.65. The van der Waals surface area contributed by atoms with Gasteiger partial charge in [0.1, 0.15) is 5.82 Å². The lowest BCUT2D eigenvalue weighted by Gasteiger charge is -2.32. The third-order valence-corrected chi connectivity index (χ3v) is 5.94. The van der Waals surface area contributed by atoms with Crippen LogP contribution in [0.25, 0.3) is 0 Å². The number of nitrogens with zero attached hydrogens (tertiary/aromatic N) is 2. The lowest BCUT2D eigenvalue weighted by atomic mass is 9.92. The number of rotatable bonds is 4. The van der Waals surface area contributed by atoms with Crippen molar-refractivity contribution >= 4 is 35.2 Å². The molecule has 1 saturated heterocycles. The minimum absolute atomic E-state index is 0.0950. The molecule has 1 atom stereocenters. The molecule has 1 aromatic carbocycles. The summed E-state index contributed by atoms with van der Waals surface area (Å²) in [6, 6.07) is 5.65. The maximum absolute atomic E-state index is 13.0. The van der Waals surface area contributed by atoms with Gasteiger partial charge in [-0.05, 0) is 49.9 Å². The molecule has 2 aromatic rings. The van der Waals surface area contributed by atoms with Crippen molar-refractivity contribution in [3.63, 3.8) is 0 Å². The number of piperidine rings is 1. The standard InChI is InChI=1S/C22H26N6O4/c1-11-7-12(2)9-14(8-11)24-20(31)15-10-16(29)25-19-17(15)21(32)27-22(26-19)28-5-3-13(4-6-28)18(23)30/h7-9,13,15H,3-6,10H2,1-2H3,(H2,23,30)(H,24,31)(H2,25,26,27,29,32)/t15-/m0/s1. The number of fused-ring (bicyclic) bond motifs is 1. The average molecular weight is 438 g/mol. The van der Waals surface area contributed by atoms with Gasteiger partial charge in [0, 0.05) is 31.1 Å². The van der Waals surface area contributed by atoms with E-state index in [-0.39, 0.29) is 35.5 Å². The van der Waals surface area contributed by atoms with Crippen molar-refractivity contribution in [2.45, 2.75) is 39.0 Å². The molecule has 0 unspecified atom stereocenters. The number of benzene rings is 1. The first-order chi connectivity index (χ1) is 15.2.